The molecule has 2 aromatic heterocycles. The van der Waals surface area contributed by atoms with Crippen molar-refractivity contribution < 1.29 is 9.59 Å². The fourth-order valence-corrected chi connectivity index (χ4v) is 4.00. The van der Waals surface area contributed by atoms with Gasteiger partial charge in [-0.3, -0.25) is 19.5 Å². The van der Waals surface area contributed by atoms with Crippen LogP contribution < -0.4 is 10.2 Å². The first kappa shape index (κ1) is 18.2. The van der Waals surface area contributed by atoms with E-state index in [0.29, 0.717) is 24.6 Å². The van der Waals surface area contributed by atoms with Gasteiger partial charge in [-0.25, -0.2) is 0 Å². The third kappa shape index (κ3) is 4.23. The fourth-order valence-electron chi connectivity index (χ4n) is 3.10. The van der Waals surface area contributed by atoms with Crippen LogP contribution in [0.5, 0.6) is 0 Å². The number of hydrogen-bond donors (Lipinski definition) is 1. The normalized spacial score (nSPS) is 16.4. The predicted molar refractivity (Wildman–Crippen MR) is 106 cm³/mol. The number of benzene rings is 1. The number of pyridine rings is 1. The van der Waals surface area contributed by atoms with Crippen molar-refractivity contribution in [3.05, 3.63) is 71.0 Å². The fraction of sp³-hybridized carbons (Fsp3) is 0.250. The van der Waals surface area contributed by atoms with Crippen molar-refractivity contribution >= 4 is 28.3 Å². The van der Waals surface area contributed by atoms with Crippen LogP contribution in [0.4, 0.5) is 5.13 Å². The predicted octanol–water partition coefficient (Wildman–Crippen LogP) is 2.19. The Morgan fingerprint density at radius 3 is 2.68 bits per heavy atom. The van der Waals surface area contributed by atoms with E-state index in [2.05, 4.69) is 20.5 Å². The number of rotatable bonds is 6. The number of anilines is 1. The summed E-state index contributed by atoms with van der Waals surface area (Å²) < 4.78 is 0. The largest absolute Gasteiger partial charge is 0.352 e. The molecule has 2 amide bonds. The maximum absolute atomic E-state index is 12.4. The van der Waals surface area contributed by atoms with Crippen LogP contribution in [0.2, 0.25) is 0 Å². The van der Waals surface area contributed by atoms with Crippen LogP contribution in [-0.4, -0.2) is 33.5 Å². The summed E-state index contributed by atoms with van der Waals surface area (Å²) in [4.78, 5) is 30.4. The molecule has 4 rings (SSSR count). The Morgan fingerprint density at radius 2 is 1.89 bits per heavy atom. The molecule has 0 aliphatic carbocycles. The molecule has 1 unspecified atom stereocenters. The van der Waals surface area contributed by atoms with Crippen LogP contribution in [0, 0.1) is 5.92 Å². The molecule has 1 atom stereocenters. The van der Waals surface area contributed by atoms with Crippen LogP contribution in [0.25, 0.3) is 0 Å². The van der Waals surface area contributed by atoms with Gasteiger partial charge in [-0.05, 0) is 23.3 Å². The second-order valence-electron chi connectivity index (χ2n) is 6.62. The van der Waals surface area contributed by atoms with Crippen molar-refractivity contribution in [2.75, 3.05) is 11.4 Å². The summed E-state index contributed by atoms with van der Waals surface area (Å²) in [7, 11) is 0. The zero-order chi connectivity index (χ0) is 19.3. The third-order valence-electron chi connectivity index (χ3n) is 4.60. The molecule has 0 bridgehead atoms. The Labute approximate surface area is 166 Å². The third-order valence-corrected chi connectivity index (χ3v) is 5.54. The molecule has 1 aliphatic rings. The van der Waals surface area contributed by atoms with Gasteiger partial charge in [0, 0.05) is 38.3 Å². The molecular formula is C20H19N5O2S. The van der Waals surface area contributed by atoms with Gasteiger partial charge < -0.3 is 5.32 Å². The lowest BCUT2D eigenvalue weighted by Crippen LogP contribution is -2.32. The molecule has 28 heavy (non-hydrogen) atoms. The van der Waals surface area contributed by atoms with Gasteiger partial charge in [0.05, 0.1) is 5.92 Å². The lowest BCUT2D eigenvalue weighted by Gasteiger charge is -2.12. The van der Waals surface area contributed by atoms with Gasteiger partial charge in [0.15, 0.2) is 0 Å². The lowest BCUT2D eigenvalue weighted by molar-refractivity contribution is -0.126. The van der Waals surface area contributed by atoms with Crippen LogP contribution in [0.15, 0.2) is 54.9 Å². The van der Waals surface area contributed by atoms with Crippen LogP contribution in [-0.2, 0) is 22.6 Å². The molecule has 0 spiro atoms. The second kappa shape index (κ2) is 8.26. The van der Waals surface area contributed by atoms with Crippen molar-refractivity contribution in [3.8, 4) is 0 Å². The topological polar surface area (TPSA) is 88.1 Å². The van der Waals surface area contributed by atoms with Gasteiger partial charge in [-0.2, -0.15) is 0 Å². The van der Waals surface area contributed by atoms with Crippen molar-refractivity contribution in [1.82, 2.24) is 20.5 Å². The van der Waals surface area contributed by atoms with Crippen molar-refractivity contribution in [3.63, 3.8) is 0 Å². The van der Waals surface area contributed by atoms with Gasteiger partial charge in [-0.1, -0.05) is 41.7 Å². The van der Waals surface area contributed by atoms with E-state index in [1.807, 2.05) is 42.5 Å². The number of nitrogens with one attached hydrogen (secondary N) is 1. The molecule has 1 aliphatic heterocycles. The second-order valence-corrected chi connectivity index (χ2v) is 7.66. The quantitative estimate of drug-likeness (QED) is 0.694. The Kier molecular flexibility index (Phi) is 5.38. The Hall–Kier alpha value is -3.13. The molecule has 0 radical (unpaired) electrons. The Bertz CT molecular complexity index is 961. The number of carbonyl (C=O) groups excluding carboxylic acids is 2. The summed E-state index contributed by atoms with van der Waals surface area (Å²) in [6.45, 7) is 0.757. The molecule has 1 N–H and O–H groups in total. The van der Waals surface area contributed by atoms with Crippen molar-refractivity contribution in [2.45, 2.75) is 19.4 Å². The molecule has 1 fully saturated rings. The first-order valence-corrected chi connectivity index (χ1v) is 9.84. The highest BCUT2D eigenvalue weighted by Crippen LogP contribution is 2.28. The van der Waals surface area contributed by atoms with Gasteiger partial charge >= 0.3 is 0 Å². The molecule has 142 valence electrons. The monoisotopic (exact) mass is 393 g/mol. The average Bonchev–Trinajstić information content (AvgIpc) is 3.34. The first-order chi connectivity index (χ1) is 13.7. The minimum atomic E-state index is -0.379. The molecule has 3 heterocycles. The molecule has 1 saturated heterocycles. The van der Waals surface area contributed by atoms with E-state index in [1.165, 1.54) is 11.3 Å². The number of hydrogen-bond acceptors (Lipinski definition) is 6. The minimum Gasteiger partial charge on any atom is -0.352 e. The smallest absolute Gasteiger partial charge is 0.229 e. The summed E-state index contributed by atoms with van der Waals surface area (Å²) >= 11 is 1.40. The van der Waals surface area contributed by atoms with Crippen LogP contribution in [0.3, 0.4) is 0 Å². The van der Waals surface area contributed by atoms with E-state index in [9.17, 15) is 9.59 Å². The van der Waals surface area contributed by atoms with Crippen LogP contribution >= 0.6 is 11.3 Å². The number of aromatic nitrogens is 3. The zero-order valence-electron chi connectivity index (χ0n) is 15.1. The van der Waals surface area contributed by atoms with E-state index in [0.717, 1.165) is 16.1 Å². The maximum atomic E-state index is 12.4. The summed E-state index contributed by atoms with van der Waals surface area (Å²) in [5.41, 5.74) is 2.12. The highest BCUT2D eigenvalue weighted by atomic mass is 32.1. The SMILES string of the molecule is O=C(NCc1ccncc1)C1CC(=O)N(c2nnc(Cc3ccccc3)s2)C1. The summed E-state index contributed by atoms with van der Waals surface area (Å²) in [6, 6.07) is 13.7. The highest BCUT2D eigenvalue weighted by molar-refractivity contribution is 7.15. The summed E-state index contributed by atoms with van der Waals surface area (Å²) in [5.74, 6) is -0.594. The van der Waals surface area contributed by atoms with E-state index in [4.69, 9.17) is 0 Å². The van der Waals surface area contributed by atoms with Gasteiger partial charge in [0.2, 0.25) is 16.9 Å². The molecular weight excluding hydrogens is 374 g/mol. The van der Waals surface area contributed by atoms with Crippen molar-refractivity contribution in [1.29, 1.82) is 0 Å². The van der Waals surface area contributed by atoms with E-state index in [-0.39, 0.29) is 24.2 Å². The first-order valence-electron chi connectivity index (χ1n) is 9.02. The summed E-state index contributed by atoms with van der Waals surface area (Å²) in [5, 5.41) is 12.7. The number of amides is 2. The Morgan fingerprint density at radius 1 is 1.11 bits per heavy atom. The van der Waals surface area contributed by atoms with E-state index in [1.54, 1.807) is 17.3 Å². The van der Waals surface area contributed by atoms with Crippen LogP contribution in [0.1, 0.15) is 22.6 Å². The minimum absolute atomic E-state index is 0.0912. The molecule has 0 saturated carbocycles. The van der Waals surface area contributed by atoms with Crippen molar-refractivity contribution in [2.24, 2.45) is 5.92 Å². The molecule has 8 heteroatoms. The van der Waals surface area contributed by atoms with E-state index >= 15 is 0 Å². The standard InChI is InChI=1S/C20H19N5O2S/c26-18-11-16(19(27)22-12-15-6-8-21-9-7-15)13-25(18)20-24-23-17(28-20)10-14-4-2-1-3-5-14/h1-9,16H,10-13H2,(H,22,27). The maximum Gasteiger partial charge on any atom is 0.229 e. The van der Waals surface area contributed by atoms with Gasteiger partial charge in [-0.15, -0.1) is 10.2 Å². The molecule has 7 nitrogen and oxygen atoms in total. The van der Waals surface area contributed by atoms with E-state index < -0.39 is 0 Å². The summed E-state index contributed by atoms with van der Waals surface area (Å²) in [6.07, 6.45) is 4.24. The molecule has 3 aromatic rings. The number of carbonyl (C=O) groups is 2. The van der Waals surface area contributed by atoms with Gasteiger partial charge in [0.1, 0.15) is 5.01 Å². The lowest BCUT2D eigenvalue weighted by atomic mass is 10.1. The van der Waals surface area contributed by atoms with Gasteiger partial charge in [0.25, 0.3) is 0 Å². The highest BCUT2D eigenvalue weighted by Gasteiger charge is 2.36. The Balaban J connectivity index is 1.36. The number of nitrogens with zero attached hydrogens (tertiary/aromatic N) is 4. The molecule has 1 aromatic carbocycles. The average molecular weight is 393 g/mol. The zero-order valence-corrected chi connectivity index (χ0v) is 15.9.